The molecule has 0 saturated carbocycles. The maximum absolute atomic E-state index is 4.60. The van der Waals surface area contributed by atoms with Crippen molar-refractivity contribution in [2.75, 3.05) is 40.8 Å². The van der Waals surface area contributed by atoms with Crippen molar-refractivity contribution in [1.29, 1.82) is 0 Å². The van der Waals surface area contributed by atoms with Gasteiger partial charge < -0.3 is 20.1 Å². The van der Waals surface area contributed by atoms with E-state index in [4.69, 9.17) is 0 Å². The lowest BCUT2D eigenvalue weighted by Crippen LogP contribution is -2.37. The Bertz CT molecular complexity index is 1040. The largest absolute Gasteiger partial charge is 0.355 e. The normalized spacial score (nSPS) is 11.1. The van der Waals surface area contributed by atoms with E-state index in [-0.39, 0.29) is 0 Å². The summed E-state index contributed by atoms with van der Waals surface area (Å²) in [7, 11) is 6.59. The van der Waals surface area contributed by atoms with Gasteiger partial charge in [-0.05, 0) is 96.2 Å². The molecule has 0 aliphatic carbocycles. The molecule has 218 valence electrons. The van der Waals surface area contributed by atoms with Gasteiger partial charge in [-0.3, -0.25) is 0 Å². The molecule has 4 heteroatoms. The molecule has 3 aromatic rings. The monoisotopic (exact) mass is 534 g/mol. The molecule has 2 N–H and O–H groups in total. The van der Waals surface area contributed by atoms with Crippen molar-refractivity contribution in [3.05, 3.63) is 59.7 Å². The van der Waals surface area contributed by atoms with Crippen LogP contribution in [0.25, 0.3) is 22.2 Å². The van der Waals surface area contributed by atoms with E-state index in [1.807, 2.05) is 27.7 Å². The molecule has 0 saturated heterocycles. The number of H-pyrrole nitrogens is 1. The SMILES string of the molecule is C#CC.CC.CC.CCCC(CCCNCc1cccc(-c2cc3cc(C)ccc3[nH]2)c1)N(C)CCN(C)C. The van der Waals surface area contributed by atoms with Crippen LogP contribution in [0.15, 0.2) is 48.5 Å². The van der Waals surface area contributed by atoms with Gasteiger partial charge in [0, 0.05) is 42.3 Å². The van der Waals surface area contributed by atoms with Gasteiger partial charge in [-0.25, -0.2) is 0 Å². The molecule has 0 spiro atoms. The quantitative estimate of drug-likeness (QED) is 0.171. The van der Waals surface area contributed by atoms with E-state index in [1.165, 1.54) is 59.0 Å². The van der Waals surface area contributed by atoms with E-state index in [0.29, 0.717) is 6.04 Å². The number of benzene rings is 2. The number of terminal acetylenes is 1. The number of aromatic nitrogens is 1. The zero-order chi connectivity index (χ0) is 29.6. The number of likely N-dealkylation sites (N-methyl/N-ethyl adjacent to an activating group) is 2. The highest BCUT2D eigenvalue weighted by molar-refractivity contribution is 5.86. The summed E-state index contributed by atoms with van der Waals surface area (Å²) in [6, 6.07) is 18.4. The number of hydrogen-bond acceptors (Lipinski definition) is 3. The Morgan fingerprint density at radius 1 is 0.949 bits per heavy atom. The van der Waals surface area contributed by atoms with E-state index in [0.717, 1.165) is 26.2 Å². The summed E-state index contributed by atoms with van der Waals surface area (Å²) in [5.74, 6) is 2.25. The van der Waals surface area contributed by atoms with Crippen LogP contribution in [0, 0.1) is 19.3 Å². The summed E-state index contributed by atoms with van der Waals surface area (Å²) in [6.07, 6.45) is 9.62. The van der Waals surface area contributed by atoms with Gasteiger partial charge in [0.15, 0.2) is 0 Å². The first kappa shape index (κ1) is 36.4. The van der Waals surface area contributed by atoms with Gasteiger partial charge in [0.05, 0.1) is 0 Å². The number of rotatable bonds is 13. The van der Waals surface area contributed by atoms with Crippen LogP contribution in [-0.4, -0.2) is 61.6 Å². The Hall–Kier alpha value is -2.58. The molecule has 0 amide bonds. The number of nitrogens with one attached hydrogen (secondary N) is 2. The lowest BCUT2D eigenvalue weighted by Gasteiger charge is -2.29. The van der Waals surface area contributed by atoms with E-state index < -0.39 is 0 Å². The molecule has 1 heterocycles. The summed E-state index contributed by atoms with van der Waals surface area (Å²) in [5, 5.41) is 4.94. The highest BCUT2D eigenvalue weighted by Gasteiger charge is 2.13. The molecule has 1 aromatic heterocycles. The molecular weight excluding hydrogens is 476 g/mol. The van der Waals surface area contributed by atoms with Crippen molar-refractivity contribution in [3.63, 3.8) is 0 Å². The second-order valence-corrected chi connectivity index (χ2v) is 9.81. The van der Waals surface area contributed by atoms with Crippen LogP contribution in [-0.2, 0) is 6.54 Å². The second-order valence-electron chi connectivity index (χ2n) is 9.81. The lowest BCUT2D eigenvalue weighted by atomic mass is 10.0. The minimum Gasteiger partial charge on any atom is -0.355 e. The van der Waals surface area contributed by atoms with Gasteiger partial charge in [-0.1, -0.05) is 70.9 Å². The van der Waals surface area contributed by atoms with Crippen molar-refractivity contribution in [1.82, 2.24) is 20.1 Å². The maximum atomic E-state index is 4.60. The van der Waals surface area contributed by atoms with Gasteiger partial charge in [0.25, 0.3) is 0 Å². The van der Waals surface area contributed by atoms with Crippen molar-refractivity contribution >= 4 is 10.9 Å². The first-order chi connectivity index (χ1) is 18.9. The molecule has 39 heavy (non-hydrogen) atoms. The maximum Gasteiger partial charge on any atom is 0.0464 e. The predicted octanol–water partition coefficient (Wildman–Crippen LogP) is 8.37. The number of nitrogens with zero attached hydrogens (tertiary/aromatic N) is 2. The fraction of sp³-hybridized carbons (Fsp3) is 0.543. The van der Waals surface area contributed by atoms with Gasteiger partial charge in [-0.2, -0.15) is 0 Å². The Labute approximate surface area is 241 Å². The molecule has 3 rings (SSSR count). The minimum absolute atomic E-state index is 0.690. The molecule has 0 radical (unpaired) electrons. The average molecular weight is 535 g/mol. The number of aromatic amines is 1. The summed E-state index contributed by atoms with van der Waals surface area (Å²) in [5.41, 5.74) is 6.28. The molecule has 1 unspecified atom stereocenters. The van der Waals surface area contributed by atoms with Crippen LogP contribution in [0.1, 0.15) is 78.4 Å². The summed E-state index contributed by atoms with van der Waals surface area (Å²) in [6.45, 7) is 18.4. The third-order valence-electron chi connectivity index (χ3n) is 6.38. The van der Waals surface area contributed by atoms with Crippen molar-refractivity contribution in [2.45, 2.75) is 86.7 Å². The first-order valence-electron chi connectivity index (χ1n) is 15.0. The van der Waals surface area contributed by atoms with E-state index in [2.05, 4.69) is 116 Å². The zero-order valence-corrected chi connectivity index (χ0v) is 26.8. The molecule has 0 fully saturated rings. The lowest BCUT2D eigenvalue weighted by molar-refractivity contribution is 0.195. The van der Waals surface area contributed by atoms with Gasteiger partial charge >= 0.3 is 0 Å². The van der Waals surface area contributed by atoms with Crippen LogP contribution in [0.4, 0.5) is 0 Å². The first-order valence-corrected chi connectivity index (χ1v) is 15.0. The smallest absolute Gasteiger partial charge is 0.0464 e. The van der Waals surface area contributed by atoms with Crippen LogP contribution >= 0.6 is 0 Å². The third kappa shape index (κ3) is 14.4. The fourth-order valence-corrected chi connectivity index (χ4v) is 4.41. The van der Waals surface area contributed by atoms with Crippen molar-refractivity contribution < 1.29 is 0 Å². The number of fused-ring (bicyclic) bond motifs is 1. The molecule has 2 aromatic carbocycles. The standard InChI is InChI=1S/C28H42N4.C3H4.2C2H6/c1-6-9-26(32(5)17-16-31(3)4)12-8-15-29-21-23-10-7-11-24(19-23)28-20-25-18-22(2)13-14-27(25)30-28;1-3-2;2*1-2/h7,10-11,13-14,18-20,26,29-30H,6,8-9,12,15-17,21H2,1-5H3;1H,2H3;2*1-2H3. The highest BCUT2D eigenvalue weighted by atomic mass is 15.2. The van der Waals surface area contributed by atoms with Gasteiger partial charge in [-0.15, -0.1) is 12.3 Å². The Morgan fingerprint density at radius 3 is 2.28 bits per heavy atom. The third-order valence-corrected chi connectivity index (χ3v) is 6.38. The van der Waals surface area contributed by atoms with Crippen molar-refractivity contribution in [2.24, 2.45) is 0 Å². The zero-order valence-electron chi connectivity index (χ0n) is 26.8. The predicted molar refractivity (Wildman–Crippen MR) is 176 cm³/mol. The molecule has 0 aliphatic heterocycles. The molecule has 4 nitrogen and oxygen atoms in total. The molecule has 0 bridgehead atoms. The summed E-state index contributed by atoms with van der Waals surface area (Å²) >= 11 is 0. The Kier molecular flexibility index (Phi) is 20.8. The number of aryl methyl sites for hydroxylation is 1. The van der Waals surface area contributed by atoms with E-state index in [1.54, 1.807) is 6.92 Å². The minimum atomic E-state index is 0.690. The van der Waals surface area contributed by atoms with E-state index >= 15 is 0 Å². The van der Waals surface area contributed by atoms with Gasteiger partial charge in [0.2, 0.25) is 0 Å². The summed E-state index contributed by atoms with van der Waals surface area (Å²) < 4.78 is 0. The van der Waals surface area contributed by atoms with Crippen LogP contribution in [0.2, 0.25) is 0 Å². The molecule has 0 aliphatic rings. The average Bonchev–Trinajstić information content (AvgIpc) is 3.37. The highest BCUT2D eigenvalue weighted by Crippen LogP contribution is 2.25. The molecular formula is C35H58N4. The van der Waals surface area contributed by atoms with Crippen LogP contribution in [0.5, 0.6) is 0 Å². The Morgan fingerprint density at radius 2 is 1.64 bits per heavy atom. The van der Waals surface area contributed by atoms with Crippen LogP contribution < -0.4 is 5.32 Å². The van der Waals surface area contributed by atoms with Crippen molar-refractivity contribution in [3.8, 4) is 23.6 Å². The van der Waals surface area contributed by atoms with E-state index in [9.17, 15) is 0 Å². The number of hydrogen-bond donors (Lipinski definition) is 2. The topological polar surface area (TPSA) is 34.3 Å². The Balaban J connectivity index is 0.00000189. The summed E-state index contributed by atoms with van der Waals surface area (Å²) in [4.78, 5) is 8.39. The van der Waals surface area contributed by atoms with Crippen LogP contribution in [0.3, 0.4) is 0 Å². The second kappa shape index (κ2) is 22.3. The van der Waals surface area contributed by atoms with Gasteiger partial charge in [0.1, 0.15) is 0 Å². The molecule has 1 atom stereocenters. The fourth-order valence-electron chi connectivity index (χ4n) is 4.41.